The second-order valence-electron chi connectivity index (χ2n) is 6.85. The Morgan fingerprint density at radius 1 is 1.12 bits per heavy atom. The molecule has 0 atom stereocenters. The molecule has 5 nitrogen and oxygen atoms in total. The summed E-state index contributed by atoms with van der Waals surface area (Å²) < 4.78 is 0. The lowest BCUT2D eigenvalue weighted by Crippen LogP contribution is -2.45. The minimum Gasteiger partial charge on any atom is -0.340 e. The second-order valence-corrected chi connectivity index (χ2v) is 6.85. The third-order valence-corrected chi connectivity index (χ3v) is 4.88. The lowest BCUT2D eigenvalue weighted by Gasteiger charge is -2.32. The van der Waals surface area contributed by atoms with E-state index in [0.29, 0.717) is 12.4 Å². The average molecular weight is 326 g/mol. The van der Waals surface area contributed by atoms with E-state index in [4.69, 9.17) is 0 Å². The molecule has 1 N–H and O–H groups in total. The molecule has 0 aliphatic carbocycles. The molecule has 1 aromatic carbocycles. The molecule has 1 fully saturated rings. The largest absolute Gasteiger partial charge is 0.340 e. The van der Waals surface area contributed by atoms with Crippen molar-refractivity contribution in [3.05, 3.63) is 56.5 Å². The fraction of sp³-hybridized carbons (Fsp3) is 0.474. The number of piperazine rings is 1. The molecule has 24 heavy (non-hydrogen) atoms. The fourth-order valence-electron chi connectivity index (χ4n) is 3.15. The highest BCUT2D eigenvalue weighted by Gasteiger charge is 2.18. The van der Waals surface area contributed by atoms with E-state index in [1.165, 1.54) is 16.7 Å². The molecule has 0 amide bonds. The van der Waals surface area contributed by atoms with Gasteiger partial charge >= 0.3 is 0 Å². The zero-order valence-electron chi connectivity index (χ0n) is 15.0. The number of H-pyrrole nitrogens is 1. The first-order valence-corrected chi connectivity index (χ1v) is 8.53. The van der Waals surface area contributed by atoms with E-state index >= 15 is 0 Å². The number of aromatic nitrogens is 2. The van der Waals surface area contributed by atoms with E-state index in [9.17, 15) is 4.79 Å². The Kier molecular flexibility index (Phi) is 4.71. The van der Waals surface area contributed by atoms with Crippen LogP contribution < -0.4 is 10.5 Å². The number of rotatable bonds is 3. The van der Waals surface area contributed by atoms with Crippen LogP contribution in [0, 0.1) is 20.8 Å². The summed E-state index contributed by atoms with van der Waals surface area (Å²) in [6, 6.07) is 6.37. The summed E-state index contributed by atoms with van der Waals surface area (Å²) in [5.74, 6) is 0.704. The molecule has 1 aliphatic heterocycles. The Hall–Kier alpha value is -2.14. The standard InChI is InChI=1S/C19H26N4O/c1-13-5-6-14(2)16(11-13)12-17-15(3)20-19(21-18(17)24)23-9-7-22(4)8-10-23/h5-6,11H,7-10,12H2,1-4H3,(H,20,21,24). The van der Waals surface area contributed by atoms with Crippen LogP contribution in [-0.2, 0) is 6.42 Å². The maximum Gasteiger partial charge on any atom is 0.256 e. The van der Waals surface area contributed by atoms with Crippen LogP contribution in [0.3, 0.4) is 0 Å². The highest BCUT2D eigenvalue weighted by molar-refractivity contribution is 5.38. The van der Waals surface area contributed by atoms with Gasteiger partial charge in [-0.2, -0.15) is 0 Å². The van der Waals surface area contributed by atoms with Gasteiger partial charge in [-0.3, -0.25) is 9.78 Å². The second kappa shape index (κ2) is 6.77. The molecule has 2 aromatic rings. The number of hydrogen-bond donors (Lipinski definition) is 1. The summed E-state index contributed by atoms with van der Waals surface area (Å²) >= 11 is 0. The molecule has 5 heteroatoms. The van der Waals surface area contributed by atoms with Crippen LogP contribution in [0.1, 0.15) is 27.9 Å². The van der Waals surface area contributed by atoms with Crippen molar-refractivity contribution in [3.8, 4) is 0 Å². The van der Waals surface area contributed by atoms with Crippen LogP contribution in [0.5, 0.6) is 0 Å². The smallest absolute Gasteiger partial charge is 0.256 e. The zero-order chi connectivity index (χ0) is 17.3. The number of hydrogen-bond acceptors (Lipinski definition) is 4. The van der Waals surface area contributed by atoms with E-state index in [-0.39, 0.29) is 5.56 Å². The van der Waals surface area contributed by atoms with Gasteiger partial charge in [0.05, 0.1) is 5.69 Å². The van der Waals surface area contributed by atoms with Crippen molar-refractivity contribution in [2.45, 2.75) is 27.2 Å². The Balaban J connectivity index is 1.88. The highest BCUT2D eigenvalue weighted by Crippen LogP contribution is 2.17. The number of aromatic amines is 1. The minimum absolute atomic E-state index is 0.0164. The van der Waals surface area contributed by atoms with Crippen LogP contribution >= 0.6 is 0 Å². The van der Waals surface area contributed by atoms with Gasteiger partial charge in [-0.15, -0.1) is 0 Å². The summed E-state index contributed by atoms with van der Waals surface area (Å²) in [5.41, 5.74) is 5.19. The molecule has 3 rings (SSSR count). The van der Waals surface area contributed by atoms with Crippen LogP contribution in [0.2, 0.25) is 0 Å². The predicted molar refractivity (Wildman–Crippen MR) is 98.0 cm³/mol. The Morgan fingerprint density at radius 3 is 2.50 bits per heavy atom. The van der Waals surface area contributed by atoms with Crippen molar-refractivity contribution < 1.29 is 0 Å². The summed E-state index contributed by atoms with van der Waals surface area (Å²) in [7, 11) is 2.12. The van der Waals surface area contributed by atoms with Crippen molar-refractivity contribution in [2.24, 2.45) is 0 Å². The van der Waals surface area contributed by atoms with E-state index in [0.717, 1.165) is 37.4 Å². The topological polar surface area (TPSA) is 52.2 Å². The van der Waals surface area contributed by atoms with Gasteiger partial charge in [0, 0.05) is 38.2 Å². The van der Waals surface area contributed by atoms with Crippen LogP contribution in [-0.4, -0.2) is 48.1 Å². The quantitative estimate of drug-likeness (QED) is 0.938. The number of nitrogens with one attached hydrogen (secondary N) is 1. The monoisotopic (exact) mass is 326 g/mol. The zero-order valence-corrected chi connectivity index (χ0v) is 15.0. The van der Waals surface area contributed by atoms with Crippen molar-refractivity contribution in [1.29, 1.82) is 0 Å². The van der Waals surface area contributed by atoms with Gasteiger partial charge in [0.2, 0.25) is 5.95 Å². The van der Waals surface area contributed by atoms with Gasteiger partial charge < -0.3 is 9.80 Å². The third-order valence-electron chi connectivity index (χ3n) is 4.88. The first-order valence-electron chi connectivity index (χ1n) is 8.53. The van der Waals surface area contributed by atoms with Gasteiger partial charge in [-0.25, -0.2) is 4.98 Å². The minimum atomic E-state index is -0.0164. The molecule has 0 spiro atoms. The Bertz CT molecular complexity index is 788. The molecule has 1 aliphatic rings. The van der Waals surface area contributed by atoms with Gasteiger partial charge in [-0.05, 0) is 38.9 Å². The Labute approximate surface area is 143 Å². The molecular formula is C19H26N4O. The predicted octanol–water partition coefficient (Wildman–Crippen LogP) is 2.04. The van der Waals surface area contributed by atoms with Crippen LogP contribution in [0.25, 0.3) is 0 Å². The number of nitrogens with zero attached hydrogens (tertiary/aromatic N) is 3. The highest BCUT2D eigenvalue weighted by atomic mass is 16.1. The molecular weight excluding hydrogens is 300 g/mol. The fourth-order valence-corrected chi connectivity index (χ4v) is 3.15. The van der Waals surface area contributed by atoms with Gasteiger partial charge in [-0.1, -0.05) is 23.8 Å². The molecule has 0 radical (unpaired) electrons. The van der Waals surface area contributed by atoms with Crippen molar-refractivity contribution in [3.63, 3.8) is 0 Å². The van der Waals surface area contributed by atoms with E-state index in [1.54, 1.807) is 0 Å². The first-order chi connectivity index (χ1) is 11.4. The lowest BCUT2D eigenvalue weighted by molar-refractivity contribution is 0.311. The number of benzene rings is 1. The summed E-state index contributed by atoms with van der Waals surface area (Å²) in [4.78, 5) is 24.8. The molecule has 2 heterocycles. The van der Waals surface area contributed by atoms with Crippen LogP contribution in [0.15, 0.2) is 23.0 Å². The van der Waals surface area contributed by atoms with Crippen molar-refractivity contribution in [2.75, 3.05) is 38.1 Å². The Morgan fingerprint density at radius 2 is 1.83 bits per heavy atom. The average Bonchev–Trinajstić information content (AvgIpc) is 2.54. The molecule has 1 aromatic heterocycles. The maximum atomic E-state index is 12.6. The third kappa shape index (κ3) is 3.51. The van der Waals surface area contributed by atoms with Crippen molar-refractivity contribution >= 4 is 5.95 Å². The molecule has 0 saturated carbocycles. The van der Waals surface area contributed by atoms with Gasteiger partial charge in [0.1, 0.15) is 0 Å². The van der Waals surface area contributed by atoms with Crippen LogP contribution in [0.4, 0.5) is 5.95 Å². The molecule has 0 unspecified atom stereocenters. The molecule has 1 saturated heterocycles. The number of likely N-dealkylation sites (N-methyl/N-ethyl adjacent to an activating group) is 1. The van der Waals surface area contributed by atoms with Gasteiger partial charge in [0.15, 0.2) is 0 Å². The number of aryl methyl sites for hydroxylation is 3. The van der Waals surface area contributed by atoms with E-state index < -0.39 is 0 Å². The summed E-state index contributed by atoms with van der Waals surface area (Å²) in [6.07, 6.45) is 0.630. The molecule has 128 valence electrons. The normalized spacial score (nSPS) is 15.8. The number of anilines is 1. The van der Waals surface area contributed by atoms with E-state index in [1.807, 2.05) is 6.92 Å². The lowest BCUT2D eigenvalue weighted by atomic mass is 9.98. The summed E-state index contributed by atoms with van der Waals surface area (Å²) in [6.45, 7) is 9.89. The first kappa shape index (κ1) is 16.7. The molecule has 0 bridgehead atoms. The summed E-state index contributed by atoms with van der Waals surface area (Å²) in [5, 5.41) is 0. The van der Waals surface area contributed by atoms with E-state index in [2.05, 4.69) is 58.9 Å². The van der Waals surface area contributed by atoms with Gasteiger partial charge in [0.25, 0.3) is 5.56 Å². The van der Waals surface area contributed by atoms with Crippen molar-refractivity contribution in [1.82, 2.24) is 14.9 Å². The SMILES string of the molecule is Cc1ccc(C)c(Cc2c(C)nc(N3CCN(C)CC3)[nH]c2=O)c1. The maximum absolute atomic E-state index is 12.6.